The smallest absolute Gasteiger partial charge is 0.262 e. The van der Waals surface area contributed by atoms with Crippen molar-refractivity contribution in [2.24, 2.45) is 0 Å². The molecule has 0 aliphatic carbocycles. The van der Waals surface area contributed by atoms with Crippen molar-refractivity contribution in [1.29, 1.82) is 0 Å². The summed E-state index contributed by atoms with van der Waals surface area (Å²) in [5.74, 6) is 0.704. The van der Waals surface area contributed by atoms with Crippen LogP contribution in [-0.2, 0) is 0 Å². The maximum Gasteiger partial charge on any atom is 0.262 e. The third-order valence-corrected chi connectivity index (χ3v) is 5.02. The molecule has 2 aromatic heterocycles. The number of thioether (sulfide) groups is 1. The average molecular weight is 380 g/mol. The summed E-state index contributed by atoms with van der Waals surface area (Å²) in [5, 5.41) is 4.00. The second kappa shape index (κ2) is 7.32. The predicted octanol–water partition coefficient (Wildman–Crippen LogP) is 3.22. The van der Waals surface area contributed by atoms with Gasteiger partial charge in [0, 0.05) is 18.0 Å². The van der Waals surface area contributed by atoms with Crippen LogP contribution in [0.1, 0.15) is 39.1 Å². The molecule has 0 spiro atoms. The van der Waals surface area contributed by atoms with Gasteiger partial charge >= 0.3 is 0 Å². The second-order valence-electron chi connectivity index (χ2n) is 6.02. The van der Waals surface area contributed by atoms with Crippen LogP contribution in [0.5, 0.6) is 0 Å². The first-order valence-electron chi connectivity index (χ1n) is 8.40. The molecule has 2 amide bonds. The molecule has 7 nitrogen and oxygen atoms in total. The SMILES string of the molecule is CSCCC(c1nc(-c2cccnc2)no1)N1C(=O)c2ccccc2C1=O. The fourth-order valence-corrected chi connectivity index (χ4v) is 3.53. The molecule has 0 bridgehead atoms. The van der Waals surface area contributed by atoms with Crippen molar-refractivity contribution in [3.05, 3.63) is 65.8 Å². The zero-order chi connectivity index (χ0) is 18.8. The zero-order valence-corrected chi connectivity index (χ0v) is 15.3. The lowest BCUT2D eigenvalue weighted by Crippen LogP contribution is -2.34. The van der Waals surface area contributed by atoms with Crippen LogP contribution in [0.4, 0.5) is 0 Å². The summed E-state index contributed by atoms with van der Waals surface area (Å²) in [6.45, 7) is 0. The Morgan fingerprint density at radius 3 is 2.48 bits per heavy atom. The highest BCUT2D eigenvalue weighted by Crippen LogP contribution is 2.34. The molecule has 0 saturated heterocycles. The lowest BCUT2D eigenvalue weighted by Gasteiger charge is -2.22. The third-order valence-electron chi connectivity index (χ3n) is 4.38. The van der Waals surface area contributed by atoms with Gasteiger partial charge in [-0.1, -0.05) is 17.3 Å². The molecule has 0 fully saturated rings. The van der Waals surface area contributed by atoms with Crippen molar-refractivity contribution in [1.82, 2.24) is 20.0 Å². The Hall–Kier alpha value is -3.00. The minimum Gasteiger partial charge on any atom is -0.337 e. The van der Waals surface area contributed by atoms with Crippen LogP contribution in [0.2, 0.25) is 0 Å². The molecule has 1 unspecified atom stereocenters. The molecule has 1 aliphatic rings. The summed E-state index contributed by atoms with van der Waals surface area (Å²) < 4.78 is 5.44. The first kappa shape index (κ1) is 17.4. The highest BCUT2D eigenvalue weighted by molar-refractivity contribution is 7.98. The molecule has 1 atom stereocenters. The molecule has 3 aromatic rings. The number of imide groups is 1. The highest BCUT2D eigenvalue weighted by Gasteiger charge is 2.42. The minimum absolute atomic E-state index is 0.248. The van der Waals surface area contributed by atoms with Crippen molar-refractivity contribution in [3.63, 3.8) is 0 Å². The van der Waals surface area contributed by atoms with Crippen molar-refractivity contribution in [3.8, 4) is 11.4 Å². The van der Waals surface area contributed by atoms with E-state index in [1.54, 1.807) is 54.5 Å². The molecule has 0 radical (unpaired) electrons. The number of hydrogen-bond acceptors (Lipinski definition) is 7. The normalized spacial score (nSPS) is 14.5. The molecule has 1 aliphatic heterocycles. The Morgan fingerprint density at radius 2 is 1.85 bits per heavy atom. The van der Waals surface area contributed by atoms with Crippen molar-refractivity contribution >= 4 is 23.6 Å². The standard InChI is InChI=1S/C19H16N4O3S/c1-27-10-8-15(17-21-16(22-26-17)12-5-4-9-20-11-12)23-18(24)13-6-2-3-7-14(13)19(23)25/h2-7,9,11,15H,8,10H2,1H3. The molecule has 4 rings (SSSR count). The lowest BCUT2D eigenvalue weighted by atomic mass is 10.1. The number of amides is 2. The maximum absolute atomic E-state index is 12.9. The van der Waals surface area contributed by atoms with E-state index in [4.69, 9.17) is 4.52 Å². The van der Waals surface area contributed by atoms with Gasteiger partial charge in [-0.2, -0.15) is 16.7 Å². The molecule has 27 heavy (non-hydrogen) atoms. The molecule has 8 heteroatoms. The molecule has 0 N–H and O–H groups in total. The van der Waals surface area contributed by atoms with E-state index in [9.17, 15) is 9.59 Å². The van der Waals surface area contributed by atoms with Crippen LogP contribution in [0.3, 0.4) is 0 Å². The van der Waals surface area contributed by atoms with Crippen molar-refractivity contribution in [2.75, 3.05) is 12.0 Å². The molecule has 1 aromatic carbocycles. The summed E-state index contributed by atoms with van der Waals surface area (Å²) in [4.78, 5) is 35.4. The first-order chi connectivity index (χ1) is 13.2. The van der Waals surface area contributed by atoms with Gasteiger partial charge in [-0.15, -0.1) is 0 Å². The van der Waals surface area contributed by atoms with Crippen molar-refractivity contribution in [2.45, 2.75) is 12.5 Å². The number of aromatic nitrogens is 3. The van der Waals surface area contributed by atoms with Crippen LogP contribution in [0, 0.1) is 0 Å². The maximum atomic E-state index is 12.9. The number of carbonyl (C=O) groups excluding carboxylic acids is 2. The first-order valence-corrected chi connectivity index (χ1v) is 9.80. The summed E-state index contributed by atoms with van der Waals surface area (Å²) in [6.07, 6.45) is 5.79. The Labute approximate surface area is 159 Å². The number of pyridine rings is 1. The van der Waals surface area contributed by atoms with Crippen LogP contribution in [0.25, 0.3) is 11.4 Å². The average Bonchev–Trinajstić information content (AvgIpc) is 3.29. The van der Waals surface area contributed by atoms with E-state index in [-0.39, 0.29) is 17.7 Å². The minimum atomic E-state index is -0.609. The van der Waals surface area contributed by atoms with Gasteiger partial charge in [0.1, 0.15) is 6.04 Å². The molecular weight excluding hydrogens is 364 g/mol. The predicted molar refractivity (Wildman–Crippen MR) is 100 cm³/mol. The summed E-state index contributed by atoms with van der Waals surface area (Å²) in [7, 11) is 0. The Bertz CT molecular complexity index is 954. The second-order valence-corrected chi connectivity index (χ2v) is 7.01. The monoisotopic (exact) mass is 380 g/mol. The van der Waals surface area contributed by atoms with Gasteiger partial charge in [-0.3, -0.25) is 19.5 Å². The number of carbonyl (C=O) groups is 2. The van der Waals surface area contributed by atoms with Gasteiger partial charge in [0.05, 0.1) is 11.1 Å². The van der Waals surface area contributed by atoms with Gasteiger partial charge < -0.3 is 4.52 Å². The summed E-state index contributed by atoms with van der Waals surface area (Å²) >= 11 is 1.62. The van der Waals surface area contributed by atoms with E-state index in [0.717, 1.165) is 5.75 Å². The molecular formula is C19H16N4O3S. The Morgan fingerprint density at radius 1 is 1.11 bits per heavy atom. The number of rotatable bonds is 6. The van der Waals surface area contributed by atoms with Gasteiger partial charge in [0.2, 0.25) is 11.7 Å². The summed E-state index contributed by atoms with van der Waals surface area (Å²) in [5.41, 5.74) is 1.52. The van der Waals surface area contributed by atoms with E-state index < -0.39 is 6.04 Å². The quantitative estimate of drug-likeness (QED) is 0.607. The fraction of sp³-hybridized carbons (Fsp3) is 0.211. The van der Waals surface area contributed by atoms with Crippen molar-refractivity contribution < 1.29 is 14.1 Å². The van der Waals surface area contributed by atoms with E-state index in [0.29, 0.717) is 28.9 Å². The van der Waals surface area contributed by atoms with Gasteiger partial charge in [-0.05, 0) is 42.7 Å². The summed E-state index contributed by atoms with van der Waals surface area (Å²) in [6, 6.07) is 9.81. The van der Waals surface area contributed by atoms with Gasteiger partial charge in [-0.25, -0.2) is 0 Å². The third kappa shape index (κ3) is 3.12. The van der Waals surface area contributed by atoms with E-state index in [1.807, 2.05) is 12.3 Å². The van der Waals surface area contributed by atoms with E-state index in [2.05, 4.69) is 15.1 Å². The number of nitrogens with zero attached hydrogens (tertiary/aromatic N) is 4. The van der Waals surface area contributed by atoms with Crippen LogP contribution in [-0.4, -0.2) is 43.8 Å². The molecule has 0 saturated carbocycles. The van der Waals surface area contributed by atoms with Crippen LogP contribution < -0.4 is 0 Å². The fourth-order valence-electron chi connectivity index (χ4n) is 3.07. The number of fused-ring (bicyclic) bond motifs is 1. The number of benzene rings is 1. The Balaban J connectivity index is 1.70. The Kier molecular flexibility index (Phi) is 4.72. The highest BCUT2D eigenvalue weighted by atomic mass is 32.2. The van der Waals surface area contributed by atoms with Crippen LogP contribution >= 0.6 is 11.8 Å². The van der Waals surface area contributed by atoms with E-state index in [1.165, 1.54) is 4.90 Å². The topological polar surface area (TPSA) is 89.2 Å². The van der Waals surface area contributed by atoms with Gasteiger partial charge in [0.15, 0.2) is 0 Å². The largest absolute Gasteiger partial charge is 0.337 e. The van der Waals surface area contributed by atoms with Gasteiger partial charge in [0.25, 0.3) is 11.8 Å². The molecule has 136 valence electrons. The lowest BCUT2D eigenvalue weighted by molar-refractivity contribution is 0.0548. The molecule has 3 heterocycles. The zero-order valence-electron chi connectivity index (χ0n) is 14.5. The van der Waals surface area contributed by atoms with Crippen LogP contribution in [0.15, 0.2) is 53.3 Å². The number of hydrogen-bond donors (Lipinski definition) is 0. The van der Waals surface area contributed by atoms with E-state index >= 15 is 0 Å².